The summed E-state index contributed by atoms with van der Waals surface area (Å²) in [6.45, 7) is 6.80. The fourth-order valence-corrected chi connectivity index (χ4v) is 0.992. The van der Waals surface area contributed by atoms with Crippen LogP contribution in [0.1, 0.15) is 20.3 Å². The molecular formula is C6H14N2. The van der Waals surface area contributed by atoms with E-state index in [0.29, 0.717) is 6.04 Å². The molecule has 0 atom stereocenters. The molecule has 1 aliphatic heterocycles. The molecule has 0 spiro atoms. The number of nitrogens with zero attached hydrogens (tertiary/aromatic N) is 1. The van der Waals surface area contributed by atoms with Gasteiger partial charge in [-0.05, 0) is 20.3 Å². The quantitative estimate of drug-likeness (QED) is 0.537. The minimum absolute atomic E-state index is 0.664. The largest absolute Gasteiger partial charge is 0.255 e. The van der Waals surface area contributed by atoms with Crippen molar-refractivity contribution < 1.29 is 0 Å². The van der Waals surface area contributed by atoms with Crippen LogP contribution in [0.3, 0.4) is 0 Å². The second kappa shape index (κ2) is 2.46. The summed E-state index contributed by atoms with van der Waals surface area (Å²) in [5.41, 5.74) is 3.29. The molecule has 1 rings (SSSR count). The summed E-state index contributed by atoms with van der Waals surface area (Å²) in [7, 11) is 0. The summed E-state index contributed by atoms with van der Waals surface area (Å²) in [4.78, 5) is 0. The van der Waals surface area contributed by atoms with Gasteiger partial charge in [-0.2, -0.15) is 0 Å². The van der Waals surface area contributed by atoms with Gasteiger partial charge in [0, 0.05) is 19.1 Å². The van der Waals surface area contributed by atoms with Crippen molar-refractivity contribution in [3.05, 3.63) is 0 Å². The van der Waals surface area contributed by atoms with E-state index in [1.54, 1.807) is 0 Å². The Bertz CT molecular complexity index is 64.9. The molecule has 1 fully saturated rings. The molecule has 2 nitrogen and oxygen atoms in total. The SMILES string of the molecule is CC(C)N1CCCN1. The highest BCUT2D eigenvalue weighted by Crippen LogP contribution is 2.00. The number of hydrogen-bond donors (Lipinski definition) is 1. The van der Waals surface area contributed by atoms with Crippen LogP contribution < -0.4 is 5.43 Å². The zero-order chi connectivity index (χ0) is 5.98. The monoisotopic (exact) mass is 114 g/mol. The second-order valence-electron chi connectivity index (χ2n) is 2.55. The van der Waals surface area contributed by atoms with Crippen LogP contribution >= 0.6 is 0 Å². The first-order valence-corrected chi connectivity index (χ1v) is 3.31. The molecule has 2 heteroatoms. The highest BCUT2D eigenvalue weighted by Gasteiger charge is 2.12. The number of hydrogen-bond acceptors (Lipinski definition) is 2. The Morgan fingerprint density at radius 2 is 2.25 bits per heavy atom. The zero-order valence-electron chi connectivity index (χ0n) is 5.65. The Hall–Kier alpha value is -0.0800. The van der Waals surface area contributed by atoms with Gasteiger partial charge in [0.25, 0.3) is 0 Å². The van der Waals surface area contributed by atoms with Crippen LogP contribution in [0.4, 0.5) is 0 Å². The molecule has 0 saturated carbocycles. The van der Waals surface area contributed by atoms with E-state index in [2.05, 4.69) is 24.3 Å². The first kappa shape index (κ1) is 6.05. The Kier molecular flexibility index (Phi) is 1.86. The molecule has 1 N–H and O–H groups in total. The molecule has 8 heavy (non-hydrogen) atoms. The van der Waals surface area contributed by atoms with Gasteiger partial charge in [0.1, 0.15) is 0 Å². The van der Waals surface area contributed by atoms with Crippen molar-refractivity contribution >= 4 is 0 Å². The molecule has 0 aliphatic carbocycles. The molecule has 0 aromatic carbocycles. The zero-order valence-corrected chi connectivity index (χ0v) is 5.65. The topological polar surface area (TPSA) is 15.3 Å². The standard InChI is InChI=1S/C6H14N2/c1-6(2)8-5-3-4-7-8/h6-7H,3-5H2,1-2H3. The van der Waals surface area contributed by atoms with Crippen LogP contribution in [0.2, 0.25) is 0 Å². The van der Waals surface area contributed by atoms with Crippen LogP contribution in [0.15, 0.2) is 0 Å². The smallest absolute Gasteiger partial charge is 0.0187 e. The van der Waals surface area contributed by atoms with Gasteiger partial charge in [-0.15, -0.1) is 0 Å². The van der Waals surface area contributed by atoms with E-state index < -0.39 is 0 Å². The molecular weight excluding hydrogens is 100 g/mol. The van der Waals surface area contributed by atoms with Crippen molar-refractivity contribution in [2.24, 2.45) is 0 Å². The average Bonchev–Trinajstić information content (AvgIpc) is 2.12. The number of hydrazine groups is 1. The Morgan fingerprint density at radius 3 is 2.50 bits per heavy atom. The maximum Gasteiger partial charge on any atom is 0.0187 e. The van der Waals surface area contributed by atoms with E-state index in [4.69, 9.17) is 0 Å². The number of nitrogens with one attached hydrogen (secondary N) is 1. The van der Waals surface area contributed by atoms with Crippen molar-refractivity contribution in [3.63, 3.8) is 0 Å². The van der Waals surface area contributed by atoms with E-state index in [9.17, 15) is 0 Å². The van der Waals surface area contributed by atoms with Gasteiger partial charge in [-0.1, -0.05) is 0 Å². The molecule has 0 amide bonds. The summed E-state index contributed by atoms with van der Waals surface area (Å²) in [6, 6.07) is 0.664. The summed E-state index contributed by atoms with van der Waals surface area (Å²) in [5, 5.41) is 2.28. The maximum atomic E-state index is 3.29. The fourth-order valence-electron chi connectivity index (χ4n) is 0.992. The molecule has 0 bridgehead atoms. The molecule has 1 aliphatic rings. The lowest BCUT2D eigenvalue weighted by atomic mass is 10.4. The summed E-state index contributed by atoms with van der Waals surface area (Å²) < 4.78 is 0. The minimum atomic E-state index is 0.664. The third kappa shape index (κ3) is 1.20. The van der Waals surface area contributed by atoms with Crippen molar-refractivity contribution in [2.75, 3.05) is 13.1 Å². The van der Waals surface area contributed by atoms with Crippen LogP contribution in [-0.2, 0) is 0 Å². The second-order valence-corrected chi connectivity index (χ2v) is 2.55. The van der Waals surface area contributed by atoms with E-state index in [-0.39, 0.29) is 0 Å². The van der Waals surface area contributed by atoms with Gasteiger partial charge in [0.2, 0.25) is 0 Å². The van der Waals surface area contributed by atoms with Crippen LogP contribution in [0.5, 0.6) is 0 Å². The summed E-state index contributed by atoms with van der Waals surface area (Å²) >= 11 is 0. The minimum Gasteiger partial charge on any atom is -0.255 e. The van der Waals surface area contributed by atoms with Crippen molar-refractivity contribution in [3.8, 4) is 0 Å². The lowest BCUT2D eigenvalue weighted by molar-refractivity contribution is 0.200. The van der Waals surface area contributed by atoms with Gasteiger partial charge in [-0.25, -0.2) is 5.01 Å². The molecule has 1 heterocycles. The van der Waals surface area contributed by atoms with E-state index in [1.165, 1.54) is 13.0 Å². The predicted octanol–water partition coefficient (Wildman–Crippen LogP) is 0.605. The van der Waals surface area contributed by atoms with E-state index in [0.717, 1.165) is 6.54 Å². The van der Waals surface area contributed by atoms with Gasteiger partial charge in [0.05, 0.1) is 0 Å². The molecule has 1 saturated heterocycles. The molecule has 0 aromatic rings. The normalized spacial score (nSPS) is 22.9. The third-order valence-electron chi connectivity index (χ3n) is 1.51. The third-order valence-corrected chi connectivity index (χ3v) is 1.51. The lowest BCUT2D eigenvalue weighted by Gasteiger charge is -2.18. The molecule has 0 unspecified atom stereocenters. The Labute approximate surface area is 50.8 Å². The van der Waals surface area contributed by atoms with Crippen LogP contribution in [0, 0.1) is 0 Å². The first-order valence-electron chi connectivity index (χ1n) is 3.31. The van der Waals surface area contributed by atoms with Gasteiger partial charge in [0.15, 0.2) is 0 Å². The highest BCUT2D eigenvalue weighted by molar-refractivity contribution is 4.64. The Balaban J connectivity index is 2.24. The average molecular weight is 114 g/mol. The molecule has 0 aromatic heterocycles. The lowest BCUT2D eigenvalue weighted by Crippen LogP contribution is -2.36. The molecule has 48 valence electrons. The van der Waals surface area contributed by atoms with E-state index >= 15 is 0 Å². The predicted molar refractivity (Wildman–Crippen MR) is 34.5 cm³/mol. The van der Waals surface area contributed by atoms with Crippen molar-refractivity contribution in [1.82, 2.24) is 10.4 Å². The summed E-state index contributed by atoms with van der Waals surface area (Å²) in [5.74, 6) is 0. The van der Waals surface area contributed by atoms with Crippen LogP contribution in [0.25, 0.3) is 0 Å². The van der Waals surface area contributed by atoms with Gasteiger partial charge >= 0.3 is 0 Å². The van der Waals surface area contributed by atoms with Gasteiger partial charge in [-0.3, -0.25) is 5.43 Å². The molecule has 0 radical (unpaired) electrons. The maximum absolute atomic E-state index is 3.29. The Morgan fingerprint density at radius 1 is 1.50 bits per heavy atom. The van der Waals surface area contributed by atoms with Gasteiger partial charge < -0.3 is 0 Å². The number of rotatable bonds is 1. The fraction of sp³-hybridized carbons (Fsp3) is 1.00. The first-order chi connectivity index (χ1) is 3.80. The van der Waals surface area contributed by atoms with Crippen molar-refractivity contribution in [1.29, 1.82) is 0 Å². The van der Waals surface area contributed by atoms with Crippen LogP contribution in [-0.4, -0.2) is 24.1 Å². The van der Waals surface area contributed by atoms with Crippen molar-refractivity contribution in [2.45, 2.75) is 26.3 Å². The highest BCUT2D eigenvalue weighted by atomic mass is 15.5. The van der Waals surface area contributed by atoms with E-state index in [1.807, 2.05) is 0 Å². The summed E-state index contributed by atoms with van der Waals surface area (Å²) in [6.07, 6.45) is 1.30.